The maximum atomic E-state index is 14.1. The van der Waals surface area contributed by atoms with Gasteiger partial charge in [-0.2, -0.15) is 0 Å². The highest BCUT2D eigenvalue weighted by Gasteiger charge is 2.68. The van der Waals surface area contributed by atoms with Crippen LogP contribution >= 0.6 is 0 Å². The highest BCUT2D eigenvalue weighted by molar-refractivity contribution is 5.79. The summed E-state index contributed by atoms with van der Waals surface area (Å²) in [6.07, 6.45) is 4.85. The molecule has 290 valence electrons. The molecular weight excluding hydrogens is 670 g/mol. The van der Waals surface area contributed by atoms with Crippen LogP contribution in [0.15, 0.2) is 24.3 Å². The molecule has 0 aromatic carbocycles. The Hall–Kier alpha value is -1.29. The van der Waals surface area contributed by atoms with Gasteiger partial charge in [-0.05, 0) is 62.0 Å². The molecule has 3 N–H and O–H groups in total. The minimum atomic E-state index is -0.780. The van der Waals surface area contributed by atoms with E-state index in [-0.39, 0.29) is 122 Å². The zero-order chi connectivity index (χ0) is 35.9. The SMILES string of the molecule is C=C1C[C@@H]2CC[C@@]34C[C@H]5O[C@H]6[C@@H](O3)[C@H]3O[C@H](CC[C@@H]3O[C@H]6C5O4)CC(=O)CC3C(CC4O[C@@H](CCC1O2)C[C@@H](C)C4=C)O[C@H](C[C@H](O)CN)[C@@H]3OC. The lowest BCUT2D eigenvalue weighted by Crippen LogP contribution is -2.61. The van der Waals surface area contributed by atoms with Gasteiger partial charge in [0.25, 0.3) is 0 Å². The highest BCUT2D eigenvalue weighted by atomic mass is 16.8. The van der Waals surface area contributed by atoms with Crippen molar-refractivity contribution in [1.82, 2.24) is 0 Å². The molecule has 0 amide bonds. The van der Waals surface area contributed by atoms with Crippen LogP contribution in [0.1, 0.15) is 90.4 Å². The van der Waals surface area contributed by atoms with Gasteiger partial charge in [0.15, 0.2) is 5.79 Å². The van der Waals surface area contributed by atoms with Crippen molar-refractivity contribution in [2.75, 3.05) is 13.7 Å². The summed E-state index contributed by atoms with van der Waals surface area (Å²) in [5.74, 6) is -0.619. The Morgan fingerprint density at radius 3 is 2.38 bits per heavy atom. The van der Waals surface area contributed by atoms with Gasteiger partial charge >= 0.3 is 0 Å². The summed E-state index contributed by atoms with van der Waals surface area (Å²) in [4.78, 5) is 14.1. The van der Waals surface area contributed by atoms with Gasteiger partial charge in [-0.1, -0.05) is 20.1 Å². The van der Waals surface area contributed by atoms with E-state index in [1.807, 2.05) is 0 Å². The van der Waals surface area contributed by atoms with Gasteiger partial charge in [0.1, 0.15) is 36.3 Å². The van der Waals surface area contributed by atoms with E-state index in [4.69, 9.17) is 48.4 Å². The van der Waals surface area contributed by atoms with Crippen molar-refractivity contribution in [2.45, 2.75) is 194 Å². The monoisotopic (exact) mass is 729 g/mol. The standard InChI is InChI=1S/C40H59NO11/c1-19-11-24-5-7-28-20(2)12-26(45-28)9-10-40-17-33-36(51-40)37-38(50-33)39(52-40)35-29(49-37)8-6-25(47-35)13-22(42)14-27-31(16-30(46-24)21(19)3)48-32(34(27)44-4)15-23(43)18-41/h19,23-39,43H,2-3,5-18,41H2,1,4H3/t19-,23+,24+,25-,26+,27?,28?,29+,30?,31?,32-,33-,34-,35+,36?,37+,38-,39+,40+/m1/s1. The minimum absolute atomic E-state index is 0.0158. The van der Waals surface area contributed by atoms with E-state index < -0.39 is 18.0 Å². The van der Waals surface area contributed by atoms with E-state index in [0.29, 0.717) is 25.7 Å². The summed E-state index contributed by atoms with van der Waals surface area (Å²) in [6, 6.07) is 0. The van der Waals surface area contributed by atoms with Gasteiger partial charge < -0.3 is 53.5 Å². The molecule has 5 unspecified atom stereocenters. The predicted octanol–water partition coefficient (Wildman–Crippen LogP) is 3.44. The van der Waals surface area contributed by atoms with Gasteiger partial charge in [-0.15, -0.1) is 0 Å². The number of hydrogen-bond donors (Lipinski definition) is 2. The zero-order valence-corrected chi connectivity index (χ0v) is 30.8. The summed E-state index contributed by atoms with van der Waals surface area (Å²) < 4.78 is 60.0. The maximum Gasteiger partial charge on any atom is 0.172 e. The van der Waals surface area contributed by atoms with Crippen LogP contribution in [0.5, 0.6) is 0 Å². The Kier molecular flexibility index (Phi) is 10.0. The molecule has 10 fully saturated rings. The number of Topliss-reactive ketones (excluding diaryl/α,β-unsaturated/α-hetero) is 1. The number of carbonyl (C=O) groups excluding carboxylic acids is 1. The van der Waals surface area contributed by atoms with E-state index >= 15 is 0 Å². The quantitative estimate of drug-likeness (QED) is 0.409. The first-order valence-electron chi connectivity index (χ1n) is 20.2. The van der Waals surface area contributed by atoms with E-state index in [0.717, 1.165) is 56.1 Å². The molecule has 10 aliphatic heterocycles. The number of nitrogens with two attached hydrogens (primary N) is 1. The molecule has 10 heterocycles. The molecule has 12 bridgehead atoms. The number of carbonyl (C=O) groups is 1. The zero-order valence-electron chi connectivity index (χ0n) is 30.8. The van der Waals surface area contributed by atoms with Gasteiger partial charge in [0.2, 0.25) is 0 Å². The average Bonchev–Trinajstić information content (AvgIpc) is 3.79. The number of aliphatic hydroxyl groups is 1. The molecule has 12 nitrogen and oxygen atoms in total. The number of hydrogen-bond acceptors (Lipinski definition) is 12. The molecule has 12 heteroatoms. The summed E-state index contributed by atoms with van der Waals surface area (Å²) in [5.41, 5.74) is 8.01. The molecule has 0 aliphatic carbocycles. The fourth-order valence-corrected chi connectivity index (χ4v) is 11.3. The maximum absolute atomic E-state index is 14.1. The second-order valence-electron chi connectivity index (χ2n) is 17.4. The molecular formula is C40H59NO11. The molecule has 19 atom stereocenters. The number of ketones is 1. The van der Waals surface area contributed by atoms with Crippen molar-refractivity contribution in [3.05, 3.63) is 24.3 Å². The van der Waals surface area contributed by atoms with E-state index in [9.17, 15) is 9.90 Å². The van der Waals surface area contributed by atoms with Crippen molar-refractivity contribution < 1.29 is 52.5 Å². The fourth-order valence-electron chi connectivity index (χ4n) is 11.3. The smallest absolute Gasteiger partial charge is 0.172 e. The number of ether oxygens (including phenoxy) is 9. The average molecular weight is 730 g/mol. The number of methoxy groups -OCH3 is 1. The van der Waals surface area contributed by atoms with Crippen molar-refractivity contribution in [1.29, 1.82) is 0 Å². The summed E-state index contributed by atoms with van der Waals surface area (Å²) in [5, 5.41) is 10.5. The van der Waals surface area contributed by atoms with Crippen molar-refractivity contribution in [3.8, 4) is 0 Å². The number of aliphatic hydroxyl groups excluding tert-OH is 1. The number of rotatable bonds is 4. The van der Waals surface area contributed by atoms with Crippen LogP contribution in [0.2, 0.25) is 0 Å². The second kappa shape index (κ2) is 14.3. The third kappa shape index (κ3) is 6.59. The predicted molar refractivity (Wildman–Crippen MR) is 186 cm³/mol. The van der Waals surface area contributed by atoms with Crippen LogP contribution in [-0.2, 0) is 47.4 Å². The first kappa shape index (κ1) is 36.4. The van der Waals surface area contributed by atoms with E-state index in [2.05, 4.69) is 20.1 Å². The highest BCUT2D eigenvalue weighted by Crippen LogP contribution is 2.54. The Morgan fingerprint density at radius 2 is 1.56 bits per heavy atom. The van der Waals surface area contributed by atoms with Crippen LogP contribution in [0.4, 0.5) is 0 Å². The summed E-state index contributed by atoms with van der Waals surface area (Å²) >= 11 is 0. The molecule has 1 spiro atoms. The first-order valence-corrected chi connectivity index (χ1v) is 20.2. The van der Waals surface area contributed by atoms with Gasteiger partial charge in [0, 0.05) is 58.1 Å². The van der Waals surface area contributed by atoms with E-state index in [1.54, 1.807) is 7.11 Å². The lowest BCUT2D eigenvalue weighted by atomic mass is 9.81. The minimum Gasteiger partial charge on any atom is -0.392 e. The lowest BCUT2D eigenvalue weighted by molar-refractivity contribution is -0.292. The Balaban J connectivity index is 0.994. The first-order chi connectivity index (χ1) is 25.1. The third-order valence-corrected chi connectivity index (χ3v) is 14.0. The van der Waals surface area contributed by atoms with Crippen LogP contribution in [0.3, 0.4) is 0 Å². The molecule has 10 aliphatic rings. The molecule has 0 radical (unpaired) electrons. The summed E-state index contributed by atoms with van der Waals surface area (Å²) in [6.45, 7) is 11.3. The molecule has 0 aromatic heterocycles. The van der Waals surface area contributed by atoms with Gasteiger partial charge in [0.05, 0.1) is 67.1 Å². The van der Waals surface area contributed by atoms with Crippen molar-refractivity contribution in [3.63, 3.8) is 0 Å². The van der Waals surface area contributed by atoms with Gasteiger partial charge in [-0.25, -0.2) is 0 Å². The molecule has 10 rings (SSSR count). The Morgan fingerprint density at radius 1 is 0.808 bits per heavy atom. The normalized spacial score (nSPS) is 52.4. The second-order valence-corrected chi connectivity index (χ2v) is 17.4. The van der Waals surface area contributed by atoms with Crippen LogP contribution in [0, 0.1) is 11.8 Å². The number of fused-ring (bicyclic) bond motifs is 6. The third-order valence-electron chi connectivity index (χ3n) is 14.0. The van der Waals surface area contributed by atoms with E-state index in [1.165, 1.54) is 0 Å². The fraction of sp³-hybridized carbons (Fsp3) is 0.875. The van der Waals surface area contributed by atoms with Crippen LogP contribution < -0.4 is 5.73 Å². The molecule has 10 saturated heterocycles. The Labute approximate surface area is 307 Å². The molecule has 0 saturated carbocycles. The Bertz CT molecular complexity index is 1380. The lowest BCUT2D eigenvalue weighted by Gasteiger charge is -2.47. The van der Waals surface area contributed by atoms with Crippen LogP contribution in [-0.4, -0.2) is 128 Å². The van der Waals surface area contributed by atoms with Crippen molar-refractivity contribution >= 4 is 5.78 Å². The summed E-state index contributed by atoms with van der Waals surface area (Å²) in [7, 11) is 1.66. The topological polar surface area (TPSA) is 146 Å². The molecule has 52 heavy (non-hydrogen) atoms. The van der Waals surface area contributed by atoms with Gasteiger partial charge in [-0.3, -0.25) is 4.79 Å². The van der Waals surface area contributed by atoms with Crippen LogP contribution in [0.25, 0.3) is 0 Å². The molecule has 0 aromatic rings. The van der Waals surface area contributed by atoms with Crippen molar-refractivity contribution in [2.24, 2.45) is 17.6 Å². The largest absolute Gasteiger partial charge is 0.392 e.